The van der Waals surface area contributed by atoms with Crippen LogP contribution in [0.1, 0.15) is 50.3 Å². The Balaban J connectivity index is 1.26. The van der Waals surface area contributed by atoms with E-state index in [1.807, 2.05) is 49.4 Å². The number of halogens is 3. The lowest BCUT2D eigenvalue weighted by atomic mass is 10.00. The van der Waals surface area contributed by atoms with Gasteiger partial charge >= 0.3 is 12.4 Å². The van der Waals surface area contributed by atoms with Crippen LogP contribution in [0.2, 0.25) is 0 Å². The SMILES string of the molecule is CCC(NC(=O)/N=C1\SCCN1c1ccc(OC)cc1C(C)C)c1ccc(-c2ncn(-c3ccc(OC(F)(F)F)cc3)n2)cc1. The lowest BCUT2D eigenvalue weighted by Gasteiger charge is -2.24. The van der Waals surface area contributed by atoms with Crippen LogP contribution in [0.4, 0.5) is 23.7 Å². The van der Waals surface area contributed by atoms with Gasteiger partial charge in [0.05, 0.1) is 18.8 Å². The molecule has 3 aromatic carbocycles. The number of carbonyl (C=O) groups is 1. The smallest absolute Gasteiger partial charge is 0.497 e. The first kappa shape index (κ1) is 31.9. The van der Waals surface area contributed by atoms with Crippen LogP contribution < -0.4 is 19.7 Å². The van der Waals surface area contributed by atoms with Gasteiger partial charge in [-0.15, -0.1) is 18.3 Å². The lowest BCUT2D eigenvalue weighted by Crippen LogP contribution is -2.30. The molecule has 0 bridgehead atoms. The molecule has 1 aromatic heterocycles. The number of hydrogen-bond acceptors (Lipinski definition) is 6. The fourth-order valence-corrected chi connectivity index (χ4v) is 5.91. The van der Waals surface area contributed by atoms with Crippen LogP contribution >= 0.6 is 11.8 Å². The molecule has 2 amide bonds. The Morgan fingerprint density at radius 1 is 1.07 bits per heavy atom. The van der Waals surface area contributed by atoms with Crippen molar-refractivity contribution in [2.24, 2.45) is 4.99 Å². The maximum Gasteiger partial charge on any atom is 0.573 e. The second kappa shape index (κ2) is 13.6. The number of carbonyl (C=O) groups excluding carboxylic acids is 1. The Morgan fingerprint density at radius 2 is 1.78 bits per heavy atom. The van der Waals surface area contributed by atoms with E-state index in [1.54, 1.807) is 18.9 Å². The number of ether oxygens (including phenoxy) is 2. The molecule has 0 radical (unpaired) electrons. The molecular formula is C32H33F3N6O3S. The van der Waals surface area contributed by atoms with Crippen molar-refractivity contribution < 1.29 is 27.4 Å². The third-order valence-corrected chi connectivity index (χ3v) is 8.18. The number of amides is 2. The van der Waals surface area contributed by atoms with E-state index in [4.69, 9.17) is 4.74 Å². The molecule has 5 rings (SSSR count). The predicted octanol–water partition coefficient (Wildman–Crippen LogP) is 7.74. The van der Waals surface area contributed by atoms with Gasteiger partial charge in [0.2, 0.25) is 0 Å². The zero-order valence-electron chi connectivity index (χ0n) is 25.2. The molecule has 4 aromatic rings. The molecule has 9 nitrogen and oxygen atoms in total. The van der Waals surface area contributed by atoms with E-state index in [9.17, 15) is 18.0 Å². The average molecular weight is 639 g/mol. The molecule has 45 heavy (non-hydrogen) atoms. The van der Waals surface area contributed by atoms with E-state index < -0.39 is 12.4 Å². The van der Waals surface area contributed by atoms with Crippen molar-refractivity contribution in [1.82, 2.24) is 20.1 Å². The minimum absolute atomic E-state index is 0.258. The van der Waals surface area contributed by atoms with Crippen molar-refractivity contribution in [1.29, 1.82) is 0 Å². The number of methoxy groups -OCH3 is 1. The number of urea groups is 1. The molecule has 13 heteroatoms. The minimum atomic E-state index is -4.76. The van der Waals surface area contributed by atoms with Crippen LogP contribution in [-0.2, 0) is 0 Å². The molecule has 1 N–H and O–H groups in total. The first-order valence-electron chi connectivity index (χ1n) is 14.4. The number of rotatable bonds is 9. The number of amidine groups is 1. The quantitative estimate of drug-likeness (QED) is 0.201. The van der Waals surface area contributed by atoms with E-state index >= 15 is 0 Å². The topological polar surface area (TPSA) is 93.9 Å². The summed E-state index contributed by atoms with van der Waals surface area (Å²) in [5, 5.41) is 8.15. The van der Waals surface area contributed by atoms with E-state index in [1.165, 1.54) is 35.3 Å². The Morgan fingerprint density at radius 3 is 2.42 bits per heavy atom. The fourth-order valence-electron chi connectivity index (χ4n) is 4.96. The summed E-state index contributed by atoms with van der Waals surface area (Å²) in [4.78, 5) is 24.0. The summed E-state index contributed by atoms with van der Waals surface area (Å²) < 4.78 is 48.1. The van der Waals surface area contributed by atoms with Gasteiger partial charge < -0.3 is 19.7 Å². The number of aromatic nitrogens is 3. The van der Waals surface area contributed by atoms with Crippen molar-refractivity contribution in [2.45, 2.75) is 45.5 Å². The number of thioether (sulfide) groups is 1. The molecule has 1 aliphatic heterocycles. The highest BCUT2D eigenvalue weighted by molar-refractivity contribution is 8.14. The molecule has 2 heterocycles. The standard InChI is InChI=1S/C32H33F3N6O3S/c1-5-27(37-30(42)38-31-40(16-17-45-31)28-15-14-25(43-4)18-26(28)20(2)3)21-6-8-22(9-7-21)29-36-19-41(39-29)23-10-12-24(13-11-23)44-32(33,34)35/h6-15,18-20,27H,5,16-17H2,1-4H3,(H,37,42)/b38-31-. The van der Waals surface area contributed by atoms with Crippen LogP contribution in [0.5, 0.6) is 11.5 Å². The van der Waals surface area contributed by atoms with Crippen molar-refractivity contribution in [3.63, 3.8) is 0 Å². The highest BCUT2D eigenvalue weighted by Crippen LogP contribution is 2.35. The molecule has 1 fully saturated rings. The van der Waals surface area contributed by atoms with Gasteiger partial charge in [-0.25, -0.2) is 14.5 Å². The molecule has 1 unspecified atom stereocenters. The first-order chi connectivity index (χ1) is 21.5. The number of nitrogens with zero attached hydrogens (tertiary/aromatic N) is 5. The maximum atomic E-state index is 13.1. The molecular weight excluding hydrogens is 605 g/mol. The van der Waals surface area contributed by atoms with E-state index in [-0.39, 0.29) is 17.7 Å². The number of alkyl halides is 3. The molecule has 0 spiro atoms. The number of hydrogen-bond donors (Lipinski definition) is 1. The third kappa shape index (κ3) is 7.77. The summed E-state index contributed by atoms with van der Waals surface area (Å²) in [5.41, 5.74) is 4.33. The Kier molecular flexibility index (Phi) is 9.66. The van der Waals surface area contributed by atoms with E-state index in [0.717, 1.165) is 40.4 Å². The number of nitrogens with one attached hydrogen (secondary N) is 1. The zero-order chi connectivity index (χ0) is 32.1. The molecule has 236 valence electrons. The van der Waals surface area contributed by atoms with Crippen LogP contribution in [0.15, 0.2) is 78.0 Å². The Bertz CT molecular complexity index is 1660. The highest BCUT2D eigenvalue weighted by atomic mass is 32.2. The van der Waals surface area contributed by atoms with Crippen LogP contribution in [0, 0.1) is 0 Å². The van der Waals surface area contributed by atoms with Crippen LogP contribution in [0.3, 0.4) is 0 Å². The van der Waals surface area contributed by atoms with Crippen molar-refractivity contribution in [3.8, 4) is 28.6 Å². The molecule has 0 aliphatic carbocycles. The van der Waals surface area contributed by atoms with Crippen molar-refractivity contribution >= 4 is 28.6 Å². The summed E-state index contributed by atoms with van der Waals surface area (Å²) in [6.45, 7) is 7.00. The van der Waals surface area contributed by atoms with E-state index in [0.29, 0.717) is 23.1 Å². The number of anilines is 1. The Labute approximate surface area is 263 Å². The third-order valence-electron chi connectivity index (χ3n) is 7.23. The Hall–Kier alpha value is -4.52. The van der Waals surface area contributed by atoms with Gasteiger partial charge in [0.1, 0.15) is 17.8 Å². The largest absolute Gasteiger partial charge is 0.573 e. The normalized spacial score (nSPS) is 15.0. The number of aliphatic imine (C=N–C) groups is 1. The van der Waals surface area contributed by atoms with Crippen molar-refractivity contribution in [3.05, 3.63) is 84.2 Å². The van der Waals surface area contributed by atoms with Gasteiger partial charge in [0.25, 0.3) is 0 Å². The lowest BCUT2D eigenvalue weighted by molar-refractivity contribution is -0.274. The summed E-state index contributed by atoms with van der Waals surface area (Å²) in [6, 6.07) is 18.2. The van der Waals surface area contributed by atoms with Crippen LogP contribution in [-0.4, -0.2) is 51.7 Å². The van der Waals surface area contributed by atoms with Gasteiger partial charge in [-0.1, -0.05) is 56.8 Å². The average Bonchev–Trinajstić information content (AvgIpc) is 3.69. The van der Waals surface area contributed by atoms with Crippen molar-refractivity contribution in [2.75, 3.05) is 24.3 Å². The summed E-state index contributed by atoms with van der Waals surface area (Å²) in [7, 11) is 1.65. The highest BCUT2D eigenvalue weighted by Gasteiger charge is 2.31. The minimum Gasteiger partial charge on any atom is -0.497 e. The molecule has 1 saturated heterocycles. The summed E-state index contributed by atoms with van der Waals surface area (Å²) in [6.07, 6.45) is -2.62. The second-order valence-electron chi connectivity index (χ2n) is 10.6. The molecule has 0 saturated carbocycles. The number of benzene rings is 3. The maximum absolute atomic E-state index is 13.1. The molecule has 1 aliphatic rings. The summed E-state index contributed by atoms with van der Waals surface area (Å²) in [5.74, 6) is 2.01. The van der Waals surface area contributed by atoms with Gasteiger partial charge in [-0.2, -0.15) is 4.99 Å². The summed E-state index contributed by atoms with van der Waals surface area (Å²) >= 11 is 1.55. The monoisotopic (exact) mass is 638 g/mol. The van der Waals surface area contributed by atoms with Gasteiger partial charge in [-0.3, -0.25) is 0 Å². The molecule has 1 atom stereocenters. The first-order valence-corrected chi connectivity index (χ1v) is 15.4. The second-order valence-corrected chi connectivity index (χ2v) is 11.6. The van der Waals surface area contributed by atoms with Gasteiger partial charge in [-0.05, 0) is 65.9 Å². The van der Waals surface area contributed by atoms with Gasteiger partial charge in [0.15, 0.2) is 11.0 Å². The van der Waals surface area contributed by atoms with Crippen LogP contribution in [0.25, 0.3) is 17.1 Å². The van der Waals surface area contributed by atoms with Gasteiger partial charge in [0, 0.05) is 23.5 Å². The van der Waals surface area contributed by atoms with E-state index in [2.05, 4.69) is 43.9 Å². The predicted molar refractivity (Wildman–Crippen MR) is 169 cm³/mol. The zero-order valence-corrected chi connectivity index (χ0v) is 26.0. The fraction of sp³-hybridized carbons (Fsp3) is 0.312.